The van der Waals surface area contributed by atoms with Crippen molar-refractivity contribution in [3.8, 4) is 10.4 Å². The Morgan fingerprint density at radius 2 is 1.78 bits per heavy atom. The third kappa shape index (κ3) is 4.58. The van der Waals surface area contributed by atoms with E-state index in [1.807, 2.05) is 36.4 Å². The molecule has 1 aliphatic heterocycles. The Bertz CT molecular complexity index is 995. The van der Waals surface area contributed by atoms with Crippen molar-refractivity contribution in [3.05, 3.63) is 41.3 Å². The van der Waals surface area contributed by atoms with Gasteiger partial charge in [0.25, 0.3) is 0 Å². The van der Waals surface area contributed by atoms with Crippen LogP contribution in [0.3, 0.4) is 0 Å². The fourth-order valence-electron chi connectivity index (χ4n) is 4.80. The first-order valence-corrected chi connectivity index (χ1v) is 12.2. The lowest BCUT2D eigenvalue weighted by atomic mass is 9.82. The molecule has 1 aromatic heterocycles. The van der Waals surface area contributed by atoms with Crippen LogP contribution >= 0.6 is 11.3 Å². The largest absolute Gasteiger partial charge is 0.477 e. The molecule has 2 heterocycles. The fourth-order valence-corrected chi connectivity index (χ4v) is 5.80. The SMILES string of the molecule is CC1CCC(C(=O)N(c2cc(-c3ccccc3)sc2C(=O)O)C2CCN(C)C(=O)C2)CC1. The summed E-state index contributed by atoms with van der Waals surface area (Å²) in [7, 11) is 1.77. The van der Waals surface area contributed by atoms with Gasteiger partial charge in [-0.25, -0.2) is 4.79 Å². The highest BCUT2D eigenvalue weighted by atomic mass is 32.1. The van der Waals surface area contributed by atoms with E-state index in [1.54, 1.807) is 16.8 Å². The minimum atomic E-state index is -1.04. The molecule has 1 atom stereocenters. The number of anilines is 1. The Hall–Kier alpha value is -2.67. The molecule has 4 rings (SSSR count). The van der Waals surface area contributed by atoms with Gasteiger partial charge in [0.15, 0.2) is 0 Å². The van der Waals surface area contributed by atoms with E-state index < -0.39 is 5.97 Å². The first kappa shape index (κ1) is 22.5. The van der Waals surface area contributed by atoms with Crippen LogP contribution in [-0.2, 0) is 9.59 Å². The quantitative estimate of drug-likeness (QED) is 0.698. The van der Waals surface area contributed by atoms with E-state index in [4.69, 9.17) is 0 Å². The van der Waals surface area contributed by atoms with Crippen LogP contribution in [0.25, 0.3) is 10.4 Å². The number of piperidine rings is 1. The van der Waals surface area contributed by atoms with Gasteiger partial charge in [0.1, 0.15) is 4.88 Å². The van der Waals surface area contributed by atoms with E-state index in [1.165, 1.54) is 11.3 Å². The first-order chi connectivity index (χ1) is 15.3. The molecule has 1 saturated heterocycles. The average Bonchev–Trinajstić information content (AvgIpc) is 3.23. The van der Waals surface area contributed by atoms with Crippen molar-refractivity contribution >= 4 is 34.8 Å². The Labute approximate surface area is 192 Å². The van der Waals surface area contributed by atoms with Crippen LogP contribution in [-0.4, -0.2) is 47.4 Å². The second kappa shape index (κ2) is 9.45. The number of rotatable bonds is 5. The fraction of sp³-hybridized carbons (Fsp3) is 0.480. The summed E-state index contributed by atoms with van der Waals surface area (Å²) in [5.41, 5.74) is 1.36. The normalized spacial score (nSPS) is 23.8. The number of carboxylic acid groups (broad SMARTS) is 1. The molecule has 6 nitrogen and oxygen atoms in total. The van der Waals surface area contributed by atoms with E-state index >= 15 is 0 Å². The minimum Gasteiger partial charge on any atom is -0.477 e. The standard InChI is InChI=1S/C25H30N2O4S/c1-16-8-10-18(11-9-16)24(29)27(19-12-13-26(2)22(28)14-19)20-15-21(32-23(20)25(30)31)17-6-4-3-5-7-17/h3-7,15-16,18-19H,8-14H2,1-2H3,(H,30,31). The van der Waals surface area contributed by atoms with E-state index in [0.29, 0.717) is 24.6 Å². The number of nitrogens with zero attached hydrogens (tertiary/aromatic N) is 2. The van der Waals surface area contributed by atoms with Gasteiger partial charge in [0, 0.05) is 36.9 Å². The number of aromatic carboxylic acids is 1. The van der Waals surface area contributed by atoms with Crippen LogP contribution in [0.5, 0.6) is 0 Å². The topological polar surface area (TPSA) is 77.9 Å². The van der Waals surface area contributed by atoms with Crippen molar-refractivity contribution in [2.75, 3.05) is 18.5 Å². The van der Waals surface area contributed by atoms with E-state index in [0.717, 1.165) is 36.1 Å². The van der Waals surface area contributed by atoms with Crippen LogP contribution in [0.2, 0.25) is 0 Å². The molecule has 0 radical (unpaired) electrons. The van der Waals surface area contributed by atoms with Gasteiger partial charge in [-0.2, -0.15) is 0 Å². The molecule has 2 aromatic rings. The monoisotopic (exact) mass is 454 g/mol. The van der Waals surface area contributed by atoms with Crippen molar-refractivity contribution < 1.29 is 19.5 Å². The lowest BCUT2D eigenvalue weighted by Gasteiger charge is -2.39. The summed E-state index contributed by atoms with van der Waals surface area (Å²) in [5, 5.41) is 9.99. The summed E-state index contributed by atoms with van der Waals surface area (Å²) in [6.45, 7) is 2.77. The second-order valence-corrected chi connectivity index (χ2v) is 10.2. The van der Waals surface area contributed by atoms with Crippen molar-refractivity contribution in [2.24, 2.45) is 11.8 Å². The third-order valence-corrected chi connectivity index (χ3v) is 7.99. The molecule has 1 unspecified atom stereocenters. The summed E-state index contributed by atoms with van der Waals surface area (Å²) in [5.74, 6) is -0.590. The maximum absolute atomic E-state index is 13.8. The summed E-state index contributed by atoms with van der Waals surface area (Å²) in [6.07, 6.45) is 4.50. The number of carbonyl (C=O) groups excluding carboxylic acids is 2. The number of likely N-dealkylation sites (tertiary alicyclic amines) is 1. The summed E-state index contributed by atoms with van der Waals surface area (Å²) >= 11 is 1.19. The molecule has 0 spiro atoms. The highest BCUT2D eigenvalue weighted by molar-refractivity contribution is 7.18. The molecule has 2 amide bonds. The number of carbonyl (C=O) groups is 3. The molecule has 32 heavy (non-hydrogen) atoms. The molecule has 2 fully saturated rings. The van der Waals surface area contributed by atoms with Crippen LogP contribution < -0.4 is 4.90 Å². The number of amides is 2. The average molecular weight is 455 g/mol. The zero-order chi connectivity index (χ0) is 22.8. The Morgan fingerprint density at radius 3 is 2.41 bits per heavy atom. The van der Waals surface area contributed by atoms with Crippen LogP contribution in [0, 0.1) is 11.8 Å². The summed E-state index contributed by atoms with van der Waals surface area (Å²) in [4.78, 5) is 42.9. The molecule has 170 valence electrons. The first-order valence-electron chi connectivity index (χ1n) is 11.3. The van der Waals surface area contributed by atoms with Crippen molar-refractivity contribution in [3.63, 3.8) is 0 Å². The lowest BCUT2D eigenvalue weighted by Crippen LogP contribution is -2.51. The molecule has 0 bridgehead atoms. The molecular formula is C25H30N2O4S. The van der Waals surface area contributed by atoms with Gasteiger partial charge in [-0.05, 0) is 49.7 Å². The highest BCUT2D eigenvalue weighted by Crippen LogP contribution is 2.41. The maximum atomic E-state index is 13.8. The van der Waals surface area contributed by atoms with Gasteiger partial charge in [0.2, 0.25) is 11.8 Å². The minimum absolute atomic E-state index is 0.00768. The Balaban J connectivity index is 1.75. The number of hydrogen-bond acceptors (Lipinski definition) is 4. The van der Waals surface area contributed by atoms with Crippen LogP contribution in [0.1, 0.15) is 55.1 Å². The van der Waals surface area contributed by atoms with Gasteiger partial charge < -0.3 is 14.9 Å². The molecule has 1 aliphatic carbocycles. The van der Waals surface area contributed by atoms with Crippen molar-refractivity contribution in [1.29, 1.82) is 0 Å². The lowest BCUT2D eigenvalue weighted by molar-refractivity contribution is -0.132. The van der Waals surface area contributed by atoms with Gasteiger partial charge in [-0.1, -0.05) is 37.3 Å². The molecule has 2 aliphatic rings. The summed E-state index contributed by atoms with van der Waals surface area (Å²) in [6, 6.07) is 11.1. The number of benzene rings is 1. The van der Waals surface area contributed by atoms with E-state index in [-0.39, 0.29) is 35.1 Å². The predicted molar refractivity (Wildman–Crippen MR) is 126 cm³/mol. The summed E-state index contributed by atoms with van der Waals surface area (Å²) < 4.78 is 0. The second-order valence-electron chi connectivity index (χ2n) is 9.12. The third-order valence-electron chi connectivity index (χ3n) is 6.83. The molecule has 1 aromatic carbocycles. The smallest absolute Gasteiger partial charge is 0.348 e. The van der Waals surface area contributed by atoms with Crippen molar-refractivity contribution in [2.45, 2.75) is 51.5 Å². The Kier molecular flexibility index (Phi) is 6.65. The van der Waals surface area contributed by atoms with Gasteiger partial charge in [-0.15, -0.1) is 11.3 Å². The van der Waals surface area contributed by atoms with Gasteiger partial charge in [0.05, 0.1) is 5.69 Å². The van der Waals surface area contributed by atoms with E-state index in [2.05, 4.69) is 6.92 Å². The number of thiophene rings is 1. The zero-order valence-electron chi connectivity index (χ0n) is 18.6. The van der Waals surface area contributed by atoms with Gasteiger partial charge >= 0.3 is 5.97 Å². The molecule has 7 heteroatoms. The van der Waals surface area contributed by atoms with E-state index in [9.17, 15) is 19.5 Å². The molecule has 1 saturated carbocycles. The molecule has 1 N–H and O–H groups in total. The zero-order valence-corrected chi connectivity index (χ0v) is 19.4. The number of carboxylic acids is 1. The predicted octanol–water partition coefficient (Wildman–Crippen LogP) is 4.89. The Morgan fingerprint density at radius 1 is 1.09 bits per heavy atom. The van der Waals surface area contributed by atoms with Crippen molar-refractivity contribution in [1.82, 2.24) is 4.90 Å². The van der Waals surface area contributed by atoms with Crippen LogP contribution in [0.4, 0.5) is 5.69 Å². The maximum Gasteiger partial charge on any atom is 0.348 e. The van der Waals surface area contributed by atoms with Crippen LogP contribution in [0.15, 0.2) is 36.4 Å². The molecular weight excluding hydrogens is 424 g/mol. The van der Waals surface area contributed by atoms with Gasteiger partial charge in [-0.3, -0.25) is 9.59 Å². The highest BCUT2D eigenvalue weighted by Gasteiger charge is 2.38. The number of hydrogen-bond donors (Lipinski definition) is 1.